The first-order valence-corrected chi connectivity index (χ1v) is 11.0. The molecule has 0 saturated heterocycles. The van der Waals surface area contributed by atoms with Gasteiger partial charge in [0.1, 0.15) is 5.60 Å². The van der Waals surface area contributed by atoms with Crippen LogP contribution in [0.2, 0.25) is 0 Å². The molecule has 1 atom stereocenters. The third-order valence-corrected chi connectivity index (χ3v) is 5.79. The minimum Gasteiger partial charge on any atom is -0.389 e. The second-order valence-electron chi connectivity index (χ2n) is 7.99. The molecule has 0 radical (unpaired) electrons. The highest BCUT2D eigenvalue weighted by molar-refractivity contribution is 5.80. The number of imidazole rings is 1. The van der Waals surface area contributed by atoms with E-state index in [1.807, 2.05) is 91.0 Å². The number of ether oxygens (including phenoxy) is 1. The zero-order valence-electron chi connectivity index (χ0n) is 18.4. The van der Waals surface area contributed by atoms with Crippen molar-refractivity contribution in [1.82, 2.24) is 25.0 Å². The number of rotatable bonds is 8. The lowest BCUT2D eigenvalue weighted by atomic mass is 9.80. The molecule has 8 heteroatoms. The van der Waals surface area contributed by atoms with Gasteiger partial charge in [0.15, 0.2) is 17.0 Å². The first kappa shape index (κ1) is 21.7. The van der Waals surface area contributed by atoms with Crippen molar-refractivity contribution >= 4 is 17.0 Å². The van der Waals surface area contributed by atoms with Gasteiger partial charge in [-0.25, -0.2) is 4.98 Å². The van der Waals surface area contributed by atoms with Crippen LogP contribution in [-0.2, 0) is 16.9 Å². The highest BCUT2D eigenvalue weighted by atomic mass is 16.5. The maximum absolute atomic E-state index is 11.0. The van der Waals surface area contributed by atoms with Gasteiger partial charge in [-0.2, -0.15) is 0 Å². The Hall–Kier alpha value is -4.14. The number of aliphatic hydroxyl groups excluding tert-OH is 1. The van der Waals surface area contributed by atoms with Gasteiger partial charge in [0.25, 0.3) is 0 Å². The summed E-state index contributed by atoms with van der Waals surface area (Å²) in [5, 5.41) is 22.4. The van der Waals surface area contributed by atoms with E-state index in [1.165, 1.54) is 0 Å². The quantitative estimate of drug-likeness (QED) is 0.348. The SMILES string of the molecule is Nc1nnnc2c1ncn2C[C@H](O)COC(c1ccccc1)(c1ccccc1)c1ccccc1. The molecule has 8 nitrogen and oxygen atoms in total. The van der Waals surface area contributed by atoms with Crippen LogP contribution in [0.5, 0.6) is 0 Å². The molecular weight excluding hydrogens is 428 g/mol. The van der Waals surface area contributed by atoms with Crippen molar-refractivity contribution in [3.8, 4) is 0 Å². The number of nitrogen functional groups attached to an aromatic ring is 1. The van der Waals surface area contributed by atoms with Gasteiger partial charge < -0.3 is 20.1 Å². The van der Waals surface area contributed by atoms with Gasteiger partial charge in [-0.3, -0.25) is 0 Å². The zero-order valence-corrected chi connectivity index (χ0v) is 18.4. The van der Waals surface area contributed by atoms with Gasteiger partial charge in [0.2, 0.25) is 0 Å². The maximum Gasteiger partial charge on any atom is 0.188 e. The Balaban J connectivity index is 1.50. The summed E-state index contributed by atoms with van der Waals surface area (Å²) in [5.74, 6) is 0.200. The molecule has 0 spiro atoms. The number of nitrogens with zero attached hydrogens (tertiary/aromatic N) is 5. The van der Waals surface area contributed by atoms with Gasteiger partial charge in [-0.15, -0.1) is 10.2 Å². The van der Waals surface area contributed by atoms with Crippen LogP contribution in [0.15, 0.2) is 97.3 Å². The summed E-state index contributed by atoms with van der Waals surface area (Å²) in [5.41, 5.74) is 8.75. The fourth-order valence-electron chi connectivity index (χ4n) is 4.22. The largest absolute Gasteiger partial charge is 0.389 e. The van der Waals surface area contributed by atoms with Crippen LogP contribution in [0.3, 0.4) is 0 Å². The molecule has 0 amide bonds. The summed E-state index contributed by atoms with van der Waals surface area (Å²) in [6, 6.07) is 30.1. The highest BCUT2D eigenvalue weighted by Crippen LogP contribution is 2.40. The molecule has 170 valence electrons. The van der Waals surface area contributed by atoms with Crippen molar-refractivity contribution in [2.45, 2.75) is 18.2 Å². The molecule has 0 unspecified atom stereocenters. The summed E-state index contributed by atoms with van der Waals surface area (Å²) in [6.07, 6.45) is 0.725. The van der Waals surface area contributed by atoms with E-state index in [-0.39, 0.29) is 19.0 Å². The van der Waals surface area contributed by atoms with Crippen LogP contribution in [0.4, 0.5) is 5.82 Å². The van der Waals surface area contributed by atoms with E-state index < -0.39 is 11.7 Å². The zero-order chi connectivity index (χ0) is 23.4. The van der Waals surface area contributed by atoms with E-state index in [0.29, 0.717) is 11.2 Å². The Labute approximate surface area is 196 Å². The first-order chi connectivity index (χ1) is 16.7. The average molecular weight is 453 g/mol. The molecule has 0 saturated carbocycles. The molecule has 0 bridgehead atoms. The Morgan fingerprint density at radius 2 is 1.35 bits per heavy atom. The predicted molar refractivity (Wildman–Crippen MR) is 129 cm³/mol. The normalized spacial score (nSPS) is 12.6. The molecule has 34 heavy (non-hydrogen) atoms. The third-order valence-electron chi connectivity index (χ3n) is 5.79. The van der Waals surface area contributed by atoms with Crippen molar-refractivity contribution in [3.05, 3.63) is 114 Å². The number of fused-ring (bicyclic) bond motifs is 1. The van der Waals surface area contributed by atoms with Crippen LogP contribution in [-0.4, -0.2) is 42.8 Å². The summed E-state index contributed by atoms with van der Waals surface area (Å²) in [4.78, 5) is 4.24. The first-order valence-electron chi connectivity index (χ1n) is 11.0. The predicted octanol–water partition coefficient (Wildman–Crippen LogP) is 3.17. The van der Waals surface area contributed by atoms with E-state index in [4.69, 9.17) is 10.5 Å². The van der Waals surface area contributed by atoms with Crippen molar-refractivity contribution in [2.24, 2.45) is 0 Å². The second-order valence-corrected chi connectivity index (χ2v) is 7.99. The summed E-state index contributed by atoms with van der Waals surface area (Å²) in [6.45, 7) is 0.273. The lowest BCUT2D eigenvalue weighted by Crippen LogP contribution is -2.36. The third kappa shape index (κ3) is 4.00. The number of aliphatic hydroxyl groups is 1. The number of anilines is 1. The van der Waals surface area contributed by atoms with E-state index in [1.54, 1.807) is 10.9 Å². The van der Waals surface area contributed by atoms with E-state index in [2.05, 4.69) is 20.4 Å². The Bertz CT molecular complexity index is 1260. The minimum atomic E-state index is -0.907. The standard InChI is InChI=1S/C26H24N6O2/c27-24-23-25(30-31-29-24)32(18-28-23)16-22(33)17-34-26(19-10-4-1-5-11-19,20-12-6-2-7-13-20)21-14-8-3-9-15-21/h1-15,18,22,33H,16-17H2,(H2,27,29,30)/t22-/m0/s1. The van der Waals surface area contributed by atoms with Crippen molar-refractivity contribution in [2.75, 3.05) is 12.3 Å². The van der Waals surface area contributed by atoms with Crippen LogP contribution in [0.25, 0.3) is 11.2 Å². The Morgan fingerprint density at radius 3 is 1.88 bits per heavy atom. The summed E-state index contributed by atoms with van der Waals surface area (Å²) < 4.78 is 8.38. The molecule has 0 fully saturated rings. The molecule has 3 aromatic carbocycles. The molecule has 2 aromatic heterocycles. The second kappa shape index (κ2) is 9.38. The van der Waals surface area contributed by atoms with Crippen LogP contribution < -0.4 is 5.73 Å². The molecule has 0 aliphatic rings. The molecule has 0 aliphatic heterocycles. The molecule has 3 N–H and O–H groups in total. The van der Waals surface area contributed by atoms with Gasteiger partial charge in [0, 0.05) is 0 Å². The van der Waals surface area contributed by atoms with Crippen LogP contribution in [0, 0.1) is 0 Å². The van der Waals surface area contributed by atoms with Gasteiger partial charge in [-0.05, 0) is 21.9 Å². The summed E-state index contributed by atoms with van der Waals surface area (Å²) in [7, 11) is 0. The maximum atomic E-state index is 11.0. The number of aromatic nitrogens is 5. The lowest BCUT2D eigenvalue weighted by molar-refractivity contribution is -0.0420. The van der Waals surface area contributed by atoms with Gasteiger partial charge >= 0.3 is 0 Å². The highest BCUT2D eigenvalue weighted by Gasteiger charge is 2.38. The smallest absolute Gasteiger partial charge is 0.188 e. The van der Waals surface area contributed by atoms with Gasteiger partial charge in [0.05, 0.1) is 25.6 Å². The van der Waals surface area contributed by atoms with Crippen LogP contribution >= 0.6 is 0 Å². The summed E-state index contributed by atoms with van der Waals surface area (Å²) >= 11 is 0. The van der Waals surface area contributed by atoms with E-state index >= 15 is 0 Å². The fourth-order valence-corrected chi connectivity index (χ4v) is 4.22. The van der Waals surface area contributed by atoms with Crippen molar-refractivity contribution in [3.63, 3.8) is 0 Å². The fraction of sp³-hybridized carbons (Fsp3) is 0.154. The number of hydrogen-bond acceptors (Lipinski definition) is 7. The van der Waals surface area contributed by atoms with E-state index in [9.17, 15) is 5.11 Å². The number of benzene rings is 3. The molecule has 5 rings (SSSR count). The monoisotopic (exact) mass is 452 g/mol. The van der Waals surface area contributed by atoms with Crippen molar-refractivity contribution in [1.29, 1.82) is 0 Å². The van der Waals surface area contributed by atoms with E-state index in [0.717, 1.165) is 16.7 Å². The Kier molecular flexibility index (Phi) is 5.99. The molecule has 0 aliphatic carbocycles. The van der Waals surface area contributed by atoms with Gasteiger partial charge in [-0.1, -0.05) is 91.0 Å². The molecular formula is C26H24N6O2. The molecule has 5 aromatic rings. The topological polar surface area (TPSA) is 112 Å². The number of nitrogens with two attached hydrogens (primary N) is 1. The Morgan fingerprint density at radius 1 is 0.824 bits per heavy atom. The number of hydrogen-bond donors (Lipinski definition) is 2. The van der Waals surface area contributed by atoms with Crippen molar-refractivity contribution < 1.29 is 9.84 Å². The lowest BCUT2D eigenvalue weighted by Gasteiger charge is -2.36. The average Bonchev–Trinajstić information content (AvgIpc) is 3.30. The minimum absolute atomic E-state index is 0.0619. The van der Waals surface area contributed by atoms with Crippen LogP contribution in [0.1, 0.15) is 16.7 Å². The molecule has 2 heterocycles.